The normalized spacial score (nSPS) is 10.1. The lowest BCUT2D eigenvalue weighted by atomic mass is 10.1. The van der Waals surface area contributed by atoms with Crippen LogP contribution in [0.25, 0.3) is 11.1 Å². The van der Waals surface area contributed by atoms with Gasteiger partial charge in [0, 0.05) is 12.3 Å². The first-order valence-corrected chi connectivity index (χ1v) is 4.17. The number of aromatic nitrogens is 1. The number of phenols is 1. The number of aromatic hydroxyl groups is 1. The Morgan fingerprint density at radius 2 is 1.71 bits per heavy atom. The molecule has 70 valence electrons. The first kappa shape index (κ1) is 8.69. The van der Waals surface area contributed by atoms with Crippen LogP contribution in [0.15, 0.2) is 42.6 Å². The second kappa shape index (κ2) is 3.46. The number of halogens is 1. The summed E-state index contributed by atoms with van der Waals surface area (Å²) in [6.45, 7) is 0. The topological polar surface area (TPSA) is 33.1 Å². The van der Waals surface area contributed by atoms with E-state index in [1.807, 2.05) is 0 Å². The van der Waals surface area contributed by atoms with Crippen molar-refractivity contribution in [3.05, 3.63) is 48.5 Å². The van der Waals surface area contributed by atoms with Crippen molar-refractivity contribution in [3.8, 4) is 16.9 Å². The van der Waals surface area contributed by atoms with Crippen LogP contribution >= 0.6 is 0 Å². The quantitative estimate of drug-likeness (QED) is 0.699. The number of hydrogen-bond acceptors (Lipinski definition) is 2. The molecule has 1 aromatic heterocycles. The summed E-state index contributed by atoms with van der Waals surface area (Å²) < 4.78 is 12.8. The van der Waals surface area contributed by atoms with Gasteiger partial charge in [-0.3, -0.25) is 0 Å². The predicted octanol–water partition coefficient (Wildman–Crippen LogP) is 2.59. The van der Waals surface area contributed by atoms with Gasteiger partial charge in [0.05, 0.1) is 0 Å². The molecule has 1 aromatic carbocycles. The number of hydrogen-bond donors (Lipinski definition) is 1. The molecule has 0 spiro atoms. The second-order valence-electron chi connectivity index (χ2n) is 2.91. The van der Waals surface area contributed by atoms with Crippen LogP contribution in [0.4, 0.5) is 4.39 Å². The molecule has 0 atom stereocenters. The van der Waals surface area contributed by atoms with Gasteiger partial charge in [0.1, 0.15) is 5.75 Å². The van der Waals surface area contributed by atoms with E-state index in [2.05, 4.69) is 4.98 Å². The Bertz CT molecular complexity index is 439. The molecule has 1 heterocycles. The monoisotopic (exact) mass is 189 g/mol. The number of pyridine rings is 1. The van der Waals surface area contributed by atoms with Gasteiger partial charge in [-0.2, -0.15) is 4.39 Å². The average molecular weight is 189 g/mol. The third-order valence-corrected chi connectivity index (χ3v) is 1.93. The van der Waals surface area contributed by atoms with Crippen LogP contribution < -0.4 is 0 Å². The molecule has 14 heavy (non-hydrogen) atoms. The zero-order chi connectivity index (χ0) is 9.97. The smallest absolute Gasteiger partial charge is 0.213 e. The van der Waals surface area contributed by atoms with Crippen molar-refractivity contribution in [2.45, 2.75) is 0 Å². The molecule has 0 bridgehead atoms. The molecule has 0 saturated heterocycles. The molecule has 2 rings (SSSR count). The standard InChI is InChI=1S/C11H8FNO/c12-11-7-9(5-6-13-11)8-1-3-10(14)4-2-8/h1-7,14H. The van der Waals surface area contributed by atoms with Crippen molar-refractivity contribution in [2.24, 2.45) is 0 Å². The van der Waals surface area contributed by atoms with Crippen molar-refractivity contribution >= 4 is 0 Å². The molecular formula is C11H8FNO. The number of nitrogens with zero attached hydrogens (tertiary/aromatic N) is 1. The highest BCUT2D eigenvalue weighted by molar-refractivity contribution is 5.63. The molecule has 2 nitrogen and oxygen atoms in total. The maximum absolute atomic E-state index is 12.8. The number of phenolic OH excluding ortho intramolecular Hbond substituents is 1. The number of rotatable bonds is 1. The maximum atomic E-state index is 12.8. The minimum Gasteiger partial charge on any atom is -0.508 e. The van der Waals surface area contributed by atoms with Crippen LogP contribution in [0.5, 0.6) is 5.75 Å². The SMILES string of the molecule is Oc1ccc(-c2ccnc(F)c2)cc1. The number of benzene rings is 1. The maximum Gasteiger partial charge on any atom is 0.213 e. The van der Waals surface area contributed by atoms with E-state index in [0.717, 1.165) is 11.1 Å². The lowest BCUT2D eigenvalue weighted by Gasteiger charge is -2.00. The highest BCUT2D eigenvalue weighted by Gasteiger charge is 1.99. The largest absolute Gasteiger partial charge is 0.508 e. The summed E-state index contributed by atoms with van der Waals surface area (Å²) in [7, 11) is 0. The summed E-state index contributed by atoms with van der Waals surface area (Å²) in [5.74, 6) is -0.307. The lowest BCUT2D eigenvalue weighted by Crippen LogP contribution is -1.83. The predicted molar refractivity (Wildman–Crippen MR) is 51.3 cm³/mol. The Hall–Kier alpha value is -1.90. The first-order chi connectivity index (χ1) is 6.75. The van der Waals surface area contributed by atoms with Gasteiger partial charge in [-0.1, -0.05) is 12.1 Å². The van der Waals surface area contributed by atoms with E-state index < -0.39 is 5.95 Å². The average Bonchev–Trinajstić information content (AvgIpc) is 2.19. The summed E-state index contributed by atoms with van der Waals surface area (Å²) in [4.78, 5) is 3.47. The first-order valence-electron chi connectivity index (χ1n) is 4.17. The zero-order valence-corrected chi connectivity index (χ0v) is 7.31. The van der Waals surface area contributed by atoms with Gasteiger partial charge >= 0.3 is 0 Å². The third-order valence-electron chi connectivity index (χ3n) is 1.93. The van der Waals surface area contributed by atoms with E-state index in [1.54, 1.807) is 30.3 Å². The lowest BCUT2D eigenvalue weighted by molar-refractivity contribution is 0.475. The van der Waals surface area contributed by atoms with E-state index in [4.69, 9.17) is 5.11 Å². The Labute approximate surface area is 80.7 Å². The van der Waals surface area contributed by atoms with Crippen molar-refractivity contribution < 1.29 is 9.50 Å². The van der Waals surface area contributed by atoms with Crippen molar-refractivity contribution in [1.29, 1.82) is 0 Å². The van der Waals surface area contributed by atoms with E-state index in [0.29, 0.717) is 0 Å². The van der Waals surface area contributed by atoms with Crippen LogP contribution in [0, 0.1) is 5.95 Å². The Morgan fingerprint density at radius 3 is 2.36 bits per heavy atom. The molecule has 0 aliphatic rings. The molecule has 0 radical (unpaired) electrons. The molecule has 0 amide bonds. The Kier molecular flexibility index (Phi) is 2.14. The molecular weight excluding hydrogens is 181 g/mol. The van der Waals surface area contributed by atoms with Crippen molar-refractivity contribution in [1.82, 2.24) is 4.98 Å². The molecule has 3 heteroatoms. The summed E-state index contributed by atoms with van der Waals surface area (Å²) in [6.07, 6.45) is 1.41. The Morgan fingerprint density at radius 1 is 1.00 bits per heavy atom. The minimum atomic E-state index is -0.504. The van der Waals surface area contributed by atoms with Gasteiger partial charge in [0.25, 0.3) is 0 Å². The summed E-state index contributed by atoms with van der Waals surface area (Å²) in [6, 6.07) is 9.65. The van der Waals surface area contributed by atoms with Crippen molar-refractivity contribution in [2.75, 3.05) is 0 Å². The molecule has 0 aliphatic heterocycles. The zero-order valence-electron chi connectivity index (χ0n) is 7.31. The van der Waals surface area contributed by atoms with Crippen LogP contribution in [0.2, 0.25) is 0 Å². The van der Waals surface area contributed by atoms with E-state index in [1.165, 1.54) is 12.3 Å². The molecule has 0 fully saturated rings. The Balaban J connectivity index is 2.44. The van der Waals surface area contributed by atoms with Gasteiger partial charge in [0.2, 0.25) is 5.95 Å². The van der Waals surface area contributed by atoms with E-state index in [9.17, 15) is 4.39 Å². The fourth-order valence-electron chi connectivity index (χ4n) is 1.24. The second-order valence-corrected chi connectivity index (χ2v) is 2.91. The van der Waals surface area contributed by atoms with Gasteiger partial charge < -0.3 is 5.11 Å². The molecule has 0 aliphatic carbocycles. The van der Waals surface area contributed by atoms with Gasteiger partial charge in [0.15, 0.2) is 0 Å². The molecule has 0 unspecified atom stereocenters. The van der Waals surface area contributed by atoms with E-state index >= 15 is 0 Å². The fourth-order valence-corrected chi connectivity index (χ4v) is 1.24. The molecule has 2 aromatic rings. The fraction of sp³-hybridized carbons (Fsp3) is 0. The summed E-state index contributed by atoms with van der Waals surface area (Å²) >= 11 is 0. The minimum absolute atomic E-state index is 0.197. The van der Waals surface area contributed by atoms with Crippen LogP contribution in [0.1, 0.15) is 0 Å². The third kappa shape index (κ3) is 1.71. The summed E-state index contributed by atoms with van der Waals surface area (Å²) in [5, 5.41) is 9.07. The molecule has 1 N–H and O–H groups in total. The van der Waals surface area contributed by atoms with Gasteiger partial charge in [-0.25, -0.2) is 4.98 Å². The van der Waals surface area contributed by atoms with Crippen LogP contribution in [0.3, 0.4) is 0 Å². The van der Waals surface area contributed by atoms with Gasteiger partial charge in [-0.05, 0) is 29.3 Å². The van der Waals surface area contributed by atoms with Crippen LogP contribution in [-0.2, 0) is 0 Å². The van der Waals surface area contributed by atoms with Gasteiger partial charge in [-0.15, -0.1) is 0 Å². The van der Waals surface area contributed by atoms with Crippen molar-refractivity contribution in [3.63, 3.8) is 0 Å². The van der Waals surface area contributed by atoms with Crippen LogP contribution in [-0.4, -0.2) is 10.1 Å². The highest BCUT2D eigenvalue weighted by atomic mass is 19.1. The highest BCUT2D eigenvalue weighted by Crippen LogP contribution is 2.21. The molecule has 0 saturated carbocycles. The van der Waals surface area contributed by atoms with E-state index in [-0.39, 0.29) is 5.75 Å². The summed E-state index contributed by atoms with van der Waals surface area (Å²) in [5.41, 5.74) is 1.60.